The first-order valence-electron chi connectivity index (χ1n) is 5.00. The average molecular weight is 353 g/mol. The van der Waals surface area contributed by atoms with Crippen molar-refractivity contribution in [2.45, 2.75) is 26.3 Å². The maximum Gasteiger partial charge on any atom is 0.0846 e. The summed E-state index contributed by atoms with van der Waals surface area (Å²) in [6.07, 6.45) is 5.53. The molecule has 84 valence electrons. The van der Waals surface area contributed by atoms with E-state index in [9.17, 15) is 0 Å². The predicted molar refractivity (Wildman–Crippen MR) is 76.5 cm³/mol. The lowest BCUT2D eigenvalue weighted by molar-refractivity contribution is 0.625. The molecule has 0 spiro atoms. The topological polar surface area (TPSA) is 12.0 Å². The van der Waals surface area contributed by atoms with Crippen molar-refractivity contribution < 1.29 is 0 Å². The van der Waals surface area contributed by atoms with Gasteiger partial charge in [-0.1, -0.05) is 13.0 Å². The van der Waals surface area contributed by atoms with E-state index >= 15 is 0 Å². The van der Waals surface area contributed by atoms with Gasteiger partial charge in [0.1, 0.15) is 0 Å². The zero-order valence-electron chi connectivity index (χ0n) is 8.89. The summed E-state index contributed by atoms with van der Waals surface area (Å²) in [5.41, 5.74) is 0. The fraction of sp³-hybridized carbons (Fsp3) is 0.455. The molecule has 1 heterocycles. The molecular weight excluding hydrogens is 338 g/mol. The van der Waals surface area contributed by atoms with Crippen molar-refractivity contribution >= 4 is 49.3 Å². The van der Waals surface area contributed by atoms with Crippen LogP contribution < -0.4 is 5.32 Å². The van der Waals surface area contributed by atoms with Crippen LogP contribution in [0.15, 0.2) is 20.4 Å². The zero-order valence-corrected chi connectivity index (χ0v) is 12.9. The predicted octanol–water partition coefficient (Wildman–Crippen LogP) is 4.67. The van der Waals surface area contributed by atoms with Gasteiger partial charge in [-0.15, -0.1) is 11.3 Å². The van der Waals surface area contributed by atoms with Crippen LogP contribution in [0.2, 0.25) is 0 Å². The van der Waals surface area contributed by atoms with E-state index in [2.05, 4.69) is 69.2 Å². The first kappa shape index (κ1) is 13.4. The highest BCUT2D eigenvalue weighted by Gasteiger charge is 2.01. The van der Waals surface area contributed by atoms with E-state index in [1.165, 1.54) is 11.3 Å². The second kappa shape index (κ2) is 6.84. The molecule has 0 bridgehead atoms. The van der Waals surface area contributed by atoms with E-state index in [-0.39, 0.29) is 0 Å². The molecule has 0 aromatic carbocycles. The molecular formula is C11H15Br2NS. The third-order valence-electron chi connectivity index (χ3n) is 1.93. The molecule has 1 atom stereocenters. The smallest absolute Gasteiger partial charge is 0.0846 e. The Hall–Kier alpha value is 0.360. The summed E-state index contributed by atoms with van der Waals surface area (Å²) >= 11 is 8.70. The Bertz CT molecular complexity index is 314. The molecule has 1 nitrogen and oxygen atoms in total. The maximum atomic E-state index is 3.49. The third kappa shape index (κ3) is 4.81. The summed E-state index contributed by atoms with van der Waals surface area (Å²) in [5.74, 6) is 0. The molecule has 0 radical (unpaired) electrons. The molecule has 4 heteroatoms. The van der Waals surface area contributed by atoms with Crippen LogP contribution in [0.5, 0.6) is 0 Å². The van der Waals surface area contributed by atoms with E-state index in [0.29, 0.717) is 6.04 Å². The van der Waals surface area contributed by atoms with Gasteiger partial charge in [-0.05, 0) is 63.9 Å². The molecule has 1 aromatic heterocycles. The van der Waals surface area contributed by atoms with E-state index < -0.39 is 0 Å². The highest BCUT2D eigenvalue weighted by molar-refractivity contribution is 9.13. The molecule has 1 N–H and O–H groups in total. The minimum Gasteiger partial charge on any atom is -0.311 e. The second-order valence-electron chi connectivity index (χ2n) is 3.37. The van der Waals surface area contributed by atoms with Crippen molar-refractivity contribution in [1.29, 1.82) is 0 Å². The number of rotatable bonds is 5. The molecule has 1 rings (SSSR count). The summed E-state index contributed by atoms with van der Waals surface area (Å²) in [7, 11) is 0. The van der Waals surface area contributed by atoms with Crippen LogP contribution in [0.3, 0.4) is 0 Å². The van der Waals surface area contributed by atoms with Crippen LogP contribution in [0.1, 0.15) is 25.1 Å². The normalized spacial score (nSPS) is 13.6. The molecule has 0 fully saturated rings. The SMILES string of the molecule is CCCNC(C)/C=C/c1cc(Br)c(Br)s1. The third-order valence-corrected chi connectivity index (χ3v) is 5.15. The monoisotopic (exact) mass is 351 g/mol. The number of nitrogens with one attached hydrogen (secondary N) is 1. The van der Waals surface area contributed by atoms with E-state index in [4.69, 9.17) is 0 Å². The van der Waals surface area contributed by atoms with Gasteiger partial charge in [-0.3, -0.25) is 0 Å². The van der Waals surface area contributed by atoms with Gasteiger partial charge in [0.05, 0.1) is 3.79 Å². The molecule has 0 aliphatic carbocycles. The lowest BCUT2D eigenvalue weighted by Crippen LogP contribution is -2.24. The summed E-state index contributed by atoms with van der Waals surface area (Å²) < 4.78 is 2.28. The molecule has 0 saturated heterocycles. The van der Waals surface area contributed by atoms with Crippen LogP contribution in [-0.4, -0.2) is 12.6 Å². The molecule has 15 heavy (non-hydrogen) atoms. The fourth-order valence-corrected chi connectivity index (χ4v) is 3.13. The molecule has 0 aliphatic heterocycles. The summed E-state index contributed by atoms with van der Waals surface area (Å²) in [6, 6.07) is 2.56. The zero-order chi connectivity index (χ0) is 11.3. The second-order valence-corrected chi connectivity index (χ2v) is 6.63. The van der Waals surface area contributed by atoms with Gasteiger partial charge in [0.15, 0.2) is 0 Å². The van der Waals surface area contributed by atoms with Gasteiger partial charge < -0.3 is 5.32 Å². The summed E-state index contributed by atoms with van der Waals surface area (Å²) in [6.45, 7) is 5.42. The molecule has 1 aromatic rings. The minimum absolute atomic E-state index is 0.435. The summed E-state index contributed by atoms with van der Waals surface area (Å²) in [5, 5.41) is 3.42. The number of hydrogen-bond donors (Lipinski definition) is 1. The Morgan fingerprint density at radius 1 is 1.53 bits per heavy atom. The van der Waals surface area contributed by atoms with Gasteiger partial charge in [-0.25, -0.2) is 0 Å². The van der Waals surface area contributed by atoms with Crippen LogP contribution in [0, 0.1) is 0 Å². The van der Waals surface area contributed by atoms with Gasteiger partial charge in [0, 0.05) is 15.4 Å². The number of hydrogen-bond acceptors (Lipinski definition) is 2. The standard InChI is InChI=1S/C11H15Br2NS/c1-3-6-14-8(2)4-5-9-7-10(12)11(13)15-9/h4-5,7-8,14H,3,6H2,1-2H3/b5-4+. The Morgan fingerprint density at radius 2 is 2.27 bits per heavy atom. The largest absolute Gasteiger partial charge is 0.311 e. The van der Waals surface area contributed by atoms with Crippen molar-refractivity contribution in [2.24, 2.45) is 0 Å². The average Bonchev–Trinajstić information content (AvgIpc) is 2.52. The van der Waals surface area contributed by atoms with Crippen molar-refractivity contribution in [3.63, 3.8) is 0 Å². The Labute approximate surface area is 112 Å². The number of thiophene rings is 1. The minimum atomic E-state index is 0.435. The van der Waals surface area contributed by atoms with Crippen molar-refractivity contribution in [3.05, 3.63) is 25.3 Å². The maximum absolute atomic E-state index is 3.49. The fourth-order valence-electron chi connectivity index (χ4n) is 1.12. The van der Waals surface area contributed by atoms with E-state index in [0.717, 1.165) is 14.8 Å². The Balaban J connectivity index is 2.49. The van der Waals surface area contributed by atoms with Gasteiger partial charge in [0.2, 0.25) is 0 Å². The van der Waals surface area contributed by atoms with Crippen LogP contribution in [-0.2, 0) is 0 Å². The Morgan fingerprint density at radius 3 is 2.80 bits per heavy atom. The highest BCUT2D eigenvalue weighted by atomic mass is 79.9. The number of halogens is 2. The van der Waals surface area contributed by atoms with Crippen LogP contribution in [0.4, 0.5) is 0 Å². The van der Waals surface area contributed by atoms with Gasteiger partial charge >= 0.3 is 0 Å². The first-order valence-corrected chi connectivity index (χ1v) is 7.40. The lowest BCUT2D eigenvalue weighted by atomic mass is 10.3. The van der Waals surface area contributed by atoms with Crippen LogP contribution >= 0.6 is 43.2 Å². The molecule has 0 aliphatic rings. The van der Waals surface area contributed by atoms with Crippen molar-refractivity contribution in [3.8, 4) is 0 Å². The van der Waals surface area contributed by atoms with Crippen molar-refractivity contribution in [1.82, 2.24) is 5.32 Å². The highest BCUT2D eigenvalue weighted by Crippen LogP contribution is 2.32. The van der Waals surface area contributed by atoms with Crippen molar-refractivity contribution in [2.75, 3.05) is 6.54 Å². The van der Waals surface area contributed by atoms with Gasteiger partial charge in [0.25, 0.3) is 0 Å². The Kier molecular flexibility index (Phi) is 6.12. The molecule has 0 amide bonds. The van der Waals surface area contributed by atoms with E-state index in [1.54, 1.807) is 11.3 Å². The lowest BCUT2D eigenvalue weighted by Gasteiger charge is -2.06. The van der Waals surface area contributed by atoms with E-state index in [1.807, 2.05) is 0 Å². The summed E-state index contributed by atoms with van der Waals surface area (Å²) in [4.78, 5) is 1.26. The first-order chi connectivity index (χ1) is 7.13. The quantitative estimate of drug-likeness (QED) is 0.811. The molecule has 0 saturated carbocycles. The van der Waals surface area contributed by atoms with Gasteiger partial charge in [-0.2, -0.15) is 0 Å². The molecule has 1 unspecified atom stereocenters. The van der Waals surface area contributed by atoms with Crippen LogP contribution in [0.25, 0.3) is 6.08 Å².